The maximum Gasteiger partial charge on any atom is 0.326 e. The molecule has 1 saturated heterocycles. The van der Waals surface area contributed by atoms with Gasteiger partial charge >= 0.3 is 5.97 Å². The van der Waals surface area contributed by atoms with Gasteiger partial charge in [-0.1, -0.05) is 13.8 Å². The number of carbonyl (C=O) groups is 2. The highest BCUT2D eigenvalue weighted by Crippen LogP contribution is 2.34. The average molecular weight is 269 g/mol. The predicted octanol–water partition coefficient (Wildman–Crippen LogP) is 1.51. The van der Waals surface area contributed by atoms with Crippen molar-refractivity contribution in [2.75, 3.05) is 6.61 Å². The lowest BCUT2D eigenvalue weighted by Crippen LogP contribution is -2.49. The van der Waals surface area contributed by atoms with Crippen molar-refractivity contribution in [1.82, 2.24) is 4.90 Å². The summed E-state index contributed by atoms with van der Waals surface area (Å²) in [6.45, 7) is 6.27. The van der Waals surface area contributed by atoms with Gasteiger partial charge in [0.05, 0.1) is 12.0 Å². The predicted molar refractivity (Wildman–Crippen MR) is 69.7 cm³/mol. The molecule has 2 fully saturated rings. The van der Waals surface area contributed by atoms with Gasteiger partial charge in [0.1, 0.15) is 6.04 Å². The van der Waals surface area contributed by atoms with Crippen LogP contribution in [0.1, 0.15) is 40.0 Å². The van der Waals surface area contributed by atoms with Crippen molar-refractivity contribution in [3.63, 3.8) is 0 Å². The van der Waals surface area contributed by atoms with Crippen LogP contribution in [0.25, 0.3) is 0 Å². The summed E-state index contributed by atoms with van der Waals surface area (Å²) in [5.74, 6) is -0.867. The third-order valence-corrected chi connectivity index (χ3v) is 4.08. The van der Waals surface area contributed by atoms with E-state index < -0.39 is 12.0 Å². The number of ether oxygens (including phenoxy) is 1. The zero-order chi connectivity index (χ0) is 14.2. The normalized spacial score (nSPS) is 28.4. The molecule has 2 aliphatic rings. The van der Waals surface area contributed by atoms with Crippen LogP contribution >= 0.6 is 0 Å². The Balaban J connectivity index is 2.13. The highest BCUT2D eigenvalue weighted by Gasteiger charge is 2.45. The first kappa shape index (κ1) is 14.3. The number of hydrogen-bond acceptors (Lipinski definition) is 3. The van der Waals surface area contributed by atoms with Crippen LogP contribution in [-0.4, -0.2) is 46.7 Å². The lowest BCUT2D eigenvalue weighted by atomic mass is 9.91. The minimum Gasteiger partial charge on any atom is -0.480 e. The number of hydrogen-bond donors (Lipinski definition) is 1. The number of rotatable bonds is 5. The summed E-state index contributed by atoms with van der Waals surface area (Å²) < 4.78 is 5.64. The summed E-state index contributed by atoms with van der Waals surface area (Å²) in [4.78, 5) is 25.4. The van der Waals surface area contributed by atoms with E-state index in [2.05, 4.69) is 0 Å². The fraction of sp³-hybridized carbons (Fsp3) is 0.857. The molecular formula is C14H23NO4. The summed E-state index contributed by atoms with van der Waals surface area (Å²) in [5.41, 5.74) is 0. The fourth-order valence-corrected chi connectivity index (χ4v) is 2.88. The van der Waals surface area contributed by atoms with Gasteiger partial charge in [-0.3, -0.25) is 4.79 Å². The van der Waals surface area contributed by atoms with E-state index in [0.717, 1.165) is 12.8 Å². The molecule has 0 aromatic carbocycles. The van der Waals surface area contributed by atoms with Crippen LogP contribution < -0.4 is 0 Å². The van der Waals surface area contributed by atoms with E-state index in [1.807, 2.05) is 13.8 Å². The summed E-state index contributed by atoms with van der Waals surface area (Å²) in [5, 5.41) is 9.17. The molecule has 3 atom stereocenters. The van der Waals surface area contributed by atoms with Gasteiger partial charge in [0.2, 0.25) is 5.91 Å². The molecule has 5 nitrogen and oxygen atoms in total. The maximum absolute atomic E-state index is 12.7. The average Bonchev–Trinajstić information content (AvgIpc) is 3.04. The second kappa shape index (κ2) is 5.49. The Morgan fingerprint density at radius 2 is 1.84 bits per heavy atom. The largest absolute Gasteiger partial charge is 0.480 e. The Morgan fingerprint density at radius 3 is 2.32 bits per heavy atom. The molecular weight excluding hydrogens is 246 g/mol. The van der Waals surface area contributed by atoms with Crippen molar-refractivity contribution in [2.45, 2.75) is 58.2 Å². The van der Waals surface area contributed by atoms with Crippen LogP contribution in [0, 0.1) is 11.8 Å². The van der Waals surface area contributed by atoms with Gasteiger partial charge in [-0.05, 0) is 32.1 Å². The fourth-order valence-electron chi connectivity index (χ4n) is 2.88. The van der Waals surface area contributed by atoms with Crippen LogP contribution in [0.3, 0.4) is 0 Å². The van der Waals surface area contributed by atoms with E-state index in [4.69, 9.17) is 4.74 Å². The second-order valence-electron chi connectivity index (χ2n) is 5.97. The number of carboxylic acids is 1. The lowest BCUT2D eigenvalue weighted by molar-refractivity contribution is -0.153. The number of carboxylic acid groups (broad SMARTS) is 1. The van der Waals surface area contributed by atoms with Crippen LogP contribution in [-0.2, 0) is 14.3 Å². The number of carbonyl (C=O) groups excluding carboxylic acids is 1. The minimum atomic E-state index is -0.930. The van der Waals surface area contributed by atoms with Gasteiger partial charge in [0, 0.05) is 12.6 Å². The molecule has 1 saturated carbocycles. The number of nitrogens with zero attached hydrogens (tertiary/aromatic N) is 1. The highest BCUT2D eigenvalue weighted by atomic mass is 16.5. The quantitative estimate of drug-likeness (QED) is 0.821. The molecule has 0 bridgehead atoms. The molecule has 0 aromatic heterocycles. The minimum absolute atomic E-state index is 0.0337. The van der Waals surface area contributed by atoms with Crippen molar-refractivity contribution in [3.8, 4) is 0 Å². The Kier molecular flexibility index (Phi) is 4.13. The van der Waals surface area contributed by atoms with E-state index in [0.29, 0.717) is 13.0 Å². The van der Waals surface area contributed by atoms with Crippen LogP contribution in [0.4, 0.5) is 0 Å². The van der Waals surface area contributed by atoms with Crippen molar-refractivity contribution in [1.29, 1.82) is 0 Å². The number of amides is 1. The van der Waals surface area contributed by atoms with Crippen molar-refractivity contribution >= 4 is 11.9 Å². The van der Waals surface area contributed by atoms with Crippen LogP contribution in [0.15, 0.2) is 0 Å². The first-order chi connectivity index (χ1) is 8.93. The Hall–Kier alpha value is -1.10. The molecule has 1 N–H and O–H groups in total. The highest BCUT2D eigenvalue weighted by molar-refractivity contribution is 5.86. The van der Waals surface area contributed by atoms with Crippen LogP contribution in [0.5, 0.6) is 0 Å². The topological polar surface area (TPSA) is 66.8 Å². The Bertz CT molecular complexity index is 364. The van der Waals surface area contributed by atoms with Crippen molar-refractivity contribution in [3.05, 3.63) is 0 Å². The zero-order valence-electron chi connectivity index (χ0n) is 11.8. The maximum atomic E-state index is 12.7. The summed E-state index contributed by atoms with van der Waals surface area (Å²) in [6, 6.07) is -0.625. The monoisotopic (exact) mass is 269 g/mol. The molecule has 0 aromatic rings. The molecule has 1 aliphatic heterocycles. The molecule has 1 amide bonds. The van der Waals surface area contributed by atoms with Gasteiger partial charge < -0.3 is 14.7 Å². The Morgan fingerprint density at radius 1 is 1.21 bits per heavy atom. The summed E-state index contributed by atoms with van der Waals surface area (Å²) in [7, 11) is 0. The first-order valence-electron chi connectivity index (χ1n) is 7.10. The smallest absolute Gasteiger partial charge is 0.326 e. The molecule has 108 valence electrons. The second-order valence-corrected chi connectivity index (χ2v) is 5.97. The third-order valence-electron chi connectivity index (χ3n) is 4.08. The Labute approximate surface area is 113 Å². The standard InChI is InChI=1S/C14H23NO4/c1-8(2)12-11(6-7-19-12)13(16)15(10-4-5-10)9(3)14(17)18/h8-12H,4-7H2,1-3H3,(H,17,18). The number of aliphatic carboxylic acids is 1. The van der Waals surface area contributed by atoms with Gasteiger partial charge in [-0.2, -0.15) is 0 Å². The van der Waals surface area contributed by atoms with E-state index in [9.17, 15) is 14.7 Å². The van der Waals surface area contributed by atoms with Crippen LogP contribution in [0.2, 0.25) is 0 Å². The molecule has 19 heavy (non-hydrogen) atoms. The molecule has 1 aliphatic carbocycles. The van der Waals surface area contributed by atoms with Gasteiger partial charge in [-0.25, -0.2) is 4.79 Å². The van der Waals surface area contributed by atoms with Gasteiger partial charge in [-0.15, -0.1) is 0 Å². The van der Waals surface area contributed by atoms with E-state index in [1.165, 1.54) is 0 Å². The summed E-state index contributed by atoms with van der Waals surface area (Å²) in [6.07, 6.45) is 2.47. The van der Waals surface area contributed by atoms with E-state index in [-0.39, 0.29) is 29.9 Å². The van der Waals surface area contributed by atoms with E-state index >= 15 is 0 Å². The van der Waals surface area contributed by atoms with Crippen molar-refractivity contribution in [2.24, 2.45) is 11.8 Å². The third kappa shape index (κ3) is 2.91. The molecule has 0 radical (unpaired) electrons. The molecule has 0 spiro atoms. The SMILES string of the molecule is CC(C)C1OCCC1C(=O)N(C1CC1)C(C)C(=O)O. The lowest BCUT2D eigenvalue weighted by Gasteiger charge is -2.31. The molecule has 5 heteroatoms. The summed E-state index contributed by atoms with van der Waals surface area (Å²) >= 11 is 0. The van der Waals surface area contributed by atoms with Gasteiger partial charge in [0.25, 0.3) is 0 Å². The van der Waals surface area contributed by atoms with Gasteiger partial charge in [0.15, 0.2) is 0 Å². The molecule has 3 unspecified atom stereocenters. The zero-order valence-corrected chi connectivity index (χ0v) is 11.8. The molecule has 1 heterocycles. The molecule has 2 rings (SSSR count). The first-order valence-corrected chi connectivity index (χ1v) is 7.10. The van der Waals surface area contributed by atoms with Crippen molar-refractivity contribution < 1.29 is 19.4 Å². The van der Waals surface area contributed by atoms with E-state index in [1.54, 1.807) is 11.8 Å².